The summed E-state index contributed by atoms with van der Waals surface area (Å²) in [7, 11) is 3.48. The van der Waals surface area contributed by atoms with Gasteiger partial charge in [-0.2, -0.15) is 4.98 Å². The van der Waals surface area contributed by atoms with E-state index < -0.39 is 0 Å². The molecule has 1 atom stereocenters. The first-order chi connectivity index (χ1) is 10.6. The fourth-order valence-electron chi connectivity index (χ4n) is 2.60. The molecule has 1 aromatic carbocycles. The number of halogens is 1. The Hall–Kier alpha value is -2.08. The van der Waals surface area contributed by atoms with E-state index in [2.05, 4.69) is 10.1 Å². The fourth-order valence-corrected chi connectivity index (χ4v) is 2.72. The van der Waals surface area contributed by atoms with Gasteiger partial charge in [0.2, 0.25) is 11.7 Å². The van der Waals surface area contributed by atoms with E-state index in [9.17, 15) is 4.79 Å². The van der Waals surface area contributed by atoms with Gasteiger partial charge in [-0.1, -0.05) is 16.8 Å². The minimum atomic E-state index is -0.150. The van der Waals surface area contributed by atoms with Crippen LogP contribution in [0.1, 0.15) is 24.8 Å². The molecule has 1 saturated heterocycles. The third-order valence-electron chi connectivity index (χ3n) is 3.71. The Balaban J connectivity index is 1.84. The molecule has 1 aliphatic heterocycles. The van der Waals surface area contributed by atoms with Gasteiger partial charge in [-0.3, -0.25) is 0 Å². The largest absolute Gasteiger partial charge is 0.337 e. The van der Waals surface area contributed by atoms with Crippen molar-refractivity contribution in [3.05, 3.63) is 35.2 Å². The predicted molar refractivity (Wildman–Crippen MR) is 82.5 cm³/mol. The Morgan fingerprint density at radius 2 is 2.09 bits per heavy atom. The molecule has 0 saturated carbocycles. The maximum absolute atomic E-state index is 12.2. The van der Waals surface area contributed by atoms with E-state index in [0.717, 1.165) is 18.4 Å². The number of hydrogen-bond donors (Lipinski definition) is 0. The zero-order valence-corrected chi connectivity index (χ0v) is 13.2. The number of rotatable bonds is 2. The van der Waals surface area contributed by atoms with E-state index in [1.165, 1.54) is 0 Å². The van der Waals surface area contributed by atoms with Crippen molar-refractivity contribution in [1.82, 2.24) is 19.9 Å². The molecule has 116 valence electrons. The molecule has 1 unspecified atom stereocenters. The van der Waals surface area contributed by atoms with E-state index in [1.54, 1.807) is 36.0 Å². The van der Waals surface area contributed by atoms with E-state index in [-0.39, 0.29) is 12.1 Å². The van der Waals surface area contributed by atoms with E-state index in [0.29, 0.717) is 23.3 Å². The maximum atomic E-state index is 12.2. The number of carbonyl (C=O) groups excluding carboxylic acids is 1. The van der Waals surface area contributed by atoms with Crippen molar-refractivity contribution in [3.63, 3.8) is 0 Å². The quantitative estimate of drug-likeness (QED) is 0.852. The lowest BCUT2D eigenvalue weighted by molar-refractivity contribution is 0.156. The first kappa shape index (κ1) is 14.8. The first-order valence-electron chi connectivity index (χ1n) is 7.13. The highest BCUT2D eigenvalue weighted by Crippen LogP contribution is 2.32. The lowest BCUT2D eigenvalue weighted by Gasteiger charge is -2.25. The molecule has 0 N–H and O–H groups in total. The van der Waals surface area contributed by atoms with Crippen molar-refractivity contribution in [2.45, 2.75) is 18.9 Å². The van der Waals surface area contributed by atoms with Gasteiger partial charge in [0.05, 0.1) is 0 Å². The van der Waals surface area contributed by atoms with Crippen LogP contribution < -0.4 is 0 Å². The molecule has 3 rings (SSSR count). The van der Waals surface area contributed by atoms with Crippen LogP contribution in [0.4, 0.5) is 4.79 Å². The van der Waals surface area contributed by atoms with Gasteiger partial charge in [0.25, 0.3) is 0 Å². The molecule has 1 aliphatic rings. The number of likely N-dealkylation sites (tertiary alicyclic amines) is 1. The van der Waals surface area contributed by atoms with Crippen LogP contribution in [-0.4, -0.2) is 46.6 Å². The average Bonchev–Trinajstić information content (AvgIpc) is 3.15. The smallest absolute Gasteiger partial charge is 0.320 e. The standard InChI is InChI=1S/C15H17ClN4O2/c1-19(2)15(21)20-9-3-4-12(20)14-17-13(18-22-14)10-5-7-11(16)8-6-10/h5-8,12H,3-4,9H2,1-2H3. The van der Waals surface area contributed by atoms with Gasteiger partial charge < -0.3 is 14.3 Å². The Morgan fingerprint density at radius 3 is 2.77 bits per heavy atom. The molecule has 22 heavy (non-hydrogen) atoms. The number of aromatic nitrogens is 2. The summed E-state index contributed by atoms with van der Waals surface area (Å²) in [5.74, 6) is 0.994. The minimum absolute atomic E-state index is 0.0336. The van der Waals surface area contributed by atoms with Crippen LogP contribution in [-0.2, 0) is 0 Å². The molecule has 7 heteroatoms. The van der Waals surface area contributed by atoms with Crippen molar-refractivity contribution >= 4 is 17.6 Å². The predicted octanol–water partition coefficient (Wildman–Crippen LogP) is 3.21. The second kappa shape index (κ2) is 5.96. The zero-order chi connectivity index (χ0) is 15.7. The van der Waals surface area contributed by atoms with Crippen molar-refractivity contribution in [1.29, 1.82) is 0 Å². The third kappa shape index (κ3) is 2.78. The lowest BCUT2D eigenvalue weighted by Crippen LogP contribution is -2.38. The summed E-state index contributed by atoms with van der Waals surface area (Å²) in [5, 5.41) is 4.68. The van der Waals surface area contributed by atoms with Crippen LogP contribution in [0.2, 0.25) is 5.02 Å². The molecule has 2 amide bonds. The Bertz CT molecular complexity index is 668. The number of carbonyl (C=O) groups is 1. The van der Waals surface area contributed by atoms with Gasteiger partial charge >= 0.3 is 6.03 Å². The number of urea groups is 1. The molecule has 0 radical (unpaired) electrons. The van der Waals surface area contributed by atoms with E-state index in [4.69, 9.17) is 16.1 Å². The Morgan fingerprint density at radius 1 is 1.36 bits per heavy atom. The summed E-state index contributed by atoms with van der Waals surface area (Å²) in [5.41, 5.74) is 0.836. The fraction of sp³-hybridized carbons (Fsp3) is 0.400. The lowest BCUT2D eigenvalue weighted by atomic mass is 10.2. The normalized spacial score (nSPS) is 17.8. The third-order valence-corrected chi connectivity index (χ3v) is 3.96. The van der Waals surface area contributed by atoms with Crippen molar-refractivity contribution in [3.8, 4) is 11.4 Å². The highest BCUT2D eigenvalue weighted by atomic mass is 35.5. The molecule has 0 aliphatic carbocycles. The molecular formula is C15H17ClN4O2. The molecule has 6 nitrogen and oxygen atoms in total. The molecule has 0 spiro atoms. The minimum Gasteiger partial charge on any atom is -0.337 e. The first-order valence-corrected chi connectivity index (χ1v) is 7.51. The van der Waals surface area contributed by atoms with Gasteiger partial charge in [0, 0.05) is 31.2 Å². The summed E-state index contributed by atoms with van der Waals surface area (Å²) < 4.78 is 5.39. The zero-order valence-electron chi connectivity index (χ0n) is 12.5. The van der Waals surface area contributed by atoms with Crippen LogP contribution >= 0.6 is 11.6 Å². The molecule has 1 aromatic heterocycles. The maximum Gasteiger partial charge on any atom is 0.320 e. The Labute approximate surface area is 133 Å². The second-order valence-corrected chi connectivity index (χ2v) is 5.93. The summed E-state index contributed by atoms with van der Waals surface area (Å²) in [6.45, 7) is 0.709. The SMILES string of the molecule is CN(C)C(=O)N1CCCC1c1nc(-c2ccc(Cl)cc2)no1. The molecule has 0 bridgehead atoms. The van der Waals surface area contributed by atoms with Gasteiger partial charge in [-0.05, 0) is 37.1 Å². The average molecular weight is 321 g/mol. The monoisotopic (exact) mass is 320 g/mol. The van der Waals surface area contributed by atoms with Crippen molar-refractivity contribution in [2.24, 2.45) is 0 Å². The molecule has 2 aromatic rings. The van der Waals surface area contributed by atoms with E-state index >= 15 is 0 Å². The van der Waals surface area contributed by atoms with Crippen LogP contribution in [0.5, 0.6) is 0 Å². The second-order valence-electron chi connectivity index (χ2n) is 5.49. The molecule has 2 heterocycles. The molecular weight excluding hydrogens is 304 g/mol. The van der Waals surface area contributed by atoms with E-state index in [1.807, 2.05) is 12.1 Å². The van der Waals surface area contributed by atoms with Gasteiger partial charge in [-0.25, -0.2) is 4.79 Å². The number of nitrogens with zero attached hydrogens (tertiary/aromatic N) is 4. The van der Waals surface area contributed by atoms with Gasteiger partial charge in [0.15, 0.2) is 0 Å². The summed E-state index contributed by atoms with van der Waals surface area (Å²) in [4.78, 5) is 20.0. The number of benzene rings is 1. The van der Waals surface area contributed by atoms with Gasteiger partial charge in [0.1, 0.15) is 6.04 Å². The highest BCUT2D eigenvalue weighted by Gasteiger charge is 2.34. The van der Waals surface area contributed by atoms with Crippen LogP contribution in [0.15, 0.2) is 28.8 Å². The van der Waals surface area contributed by atoms with Gasteiger partial charge in [-0.15, -0.1) is 0 Å². The topological polar surface area (TPSA) is 62.5 Å². The highest BCUT2D eigenvalue weighted by molar-refractivity contribution is 6.30. The van der Waals surface area contributed by atoms with Crippen molar-refractivity contribution < 1.29 is 9.32 Å². The number of hydrogen-bond acceptors (Lipinski definition) is 4. The van der Waals surface area contributed by atoms with Crippen LogP contribution in [0.25, 0.3) is 11.4 Å². The Kier molecular flexibility index (Phi) is 4.02. The van der Waals surface area contributed by atoms with Crippen LogP contribution in [0, 0.1) is 0 Å². The van der Waals surface area contributed by atoms with Crippen LogP contribution in [0.3, 0.4) is 0 Å². The van der Waals surface area contributed by atoms with Crippen molar-refractivity contribution in [2.75, 3.05) is 20.6 Å². The summed E-state index contributed by atoms with van der Waals surface area (Å²) in [6.07, 6.45) is 1.77. The summed E-state index contributed by atoms with van der Waals surface area (Å²) in [6, 6.07) is 7.06. The number of amides is 2. The summed E-state index contributed by atoms with van der Waals surface area (Å²) >= 11 is 5.88. The molecule has 1 fully saturated rings.